The lowest BCUT2D eigenvalue weighted by molar-refractivity contribution is 0.0963. The first-order valence-electron chi connectivity index (χ1n) is 7.36. The van der Waals surface area contributed by atoms with Crippen molar-refractivity contribution in [1.29, 1.82) is 0 Å². The molecule has 0 radical (unpaired) electrons. The predicted molar refractivity (Wildman–Crippen MR) is 89.0 cm³/mol. The van der Waals surface area contributed by atoms with Crippen LogP contribution in [-0.4, -0.2) is 58.9 Å². The van der Waals surface area contributed by atoms with Crippen LogP contribution >= 0.6 is 15.6 Å². The van der Waals surface area contributed by atoms with Gasteiger partial charge in [0.25, 0.3) is 0 Å². The third-order valence-corrected chi connectivity index (χ3v) is 4.41. The Balaban J connectivity index is 2.06. The first-order valence-corrected chi connectivity index (χ1v) is 10.4. The van der Waals surface area contributed by atoms with Crippen LogP contribution in [-0.2, 0) is 24.7 Å². The van der Waals surface area contributed by atoms with E-state index >= 15 is 0 Å². The molecule has 2 aromatic heterocycles. The van der Waals surface area contributed by atoms with Gasteiger partial charge < -0.3 is 29.5 Å². The Kier molecular flexibility index (Phi) is 6.83. The summed E-state index contributed by atoms with van der Waals surface area (Å²) in [5.74, 6) is 0.534. The maximum atomic E-state index is 11.1. The van der Waals surface area contributed by atoms with E-state index in [9.17, 15) is 9.13 Å². The minimum Gasteiger partial charge on any atom is -0.371 e. The molecule has 0 aliphatic rings. The minimum absolute atomic E-state index is 0.125. The van der Waals surface area contributed by atoms with Gasteiger partial charge in [0.15, 0.2) is 11.5 Å². The second-order valence-corrected chi connectivity index (χ2v) is 7.63. The zero-order valence-electron chi connectivity index (χ0n) is 13.7. The normalized spacial score (nSPS) is 13.9. The Morgan fingerprint density at radius 1 is 1.15 bits per heavy atom. The Hall–Kier alpha value is -1.43. The molecule has 0 unspecified atom stereocenters. The van der Waals surface area contributed by atoms with Gasteiger partial charge in [-0.2, -0.15) is 0 Å². The van der Waals surface area contributed by atoms with E-state index in [4.69, 9.17) is 19.6 Å². The van der Waals surface area contributed by atoms with Crippen LogP contribution in [0.2, 0.25) is 0 Å². The Bertz CT molecular complexity index is 833. The van der Waals surface area contributed by atoms with Crippen molar-refractivity contribution >= 4 is 32.6 Å². The van der Waals surface area contributed by atoms with E-state index in [-0.39, 0.29) is 19.4 Å². The summed E-state index contributed by atoms with van der Waals surface area (Å²) >= 11 is 0. The SMILES string of the molecule is CNc1ncnc2c1ncn2CC[C@H](CCOP(=O)(O)O)OP(=O)(O)O. The third-order valence-electron chi connectivity index (χ3n) is 3.32. The maximum absolute atomic E-state index is 11.1. The van der Waals surface area contributed by atoms with Crippen molar-refractivity contribution in [2.75, 3.05) is 19.0 Å². The van der Waals surface area contributed by atoms with Gasteiger partial charge in [-0.15, -0.1) is 0 Å². The number of phosphoric ester groups is 2. The molecule has 0 saturated carbocycles. The number of fused-ring (bicyclic) bond motifs is 1. The summed E-state index contributed by atoms with van der Waals surface area (Å²) in [5, 5.41) is 2.88. The van der Waals surface area contributed by atoms with Crippen molar-refractivity contribution < 1.29 is 37.8 Å². The van der Waals surface area contributed by atoms with E-state index in [2.05, 4.69) is 29.3 Å². The number of nitrogens with one attached hydrogen (secondary N) is 1. The van der Waals surface area contributed by atoms with Crippen LogP contribution in [0, 0.1) is 0 Å². The molecule has 0 bridgehead atoms. The lowest BCUT2D eigenvalue weighted by atomic mass is 10.2. The molecular weight excluding hydrogens is 392 g/mol. The zero-order valence-corrected chi connectivity index (χ0v) is 15.5. The molecule has 13 nitrogen and oxygen atoms in total. The molecule has 0 fully saturated rings. The van der Waals surface area contributed by atoms with Gasteiger partial charge in [0.2, 0.25) is 0 Å². The van der Waals surface area contributed by atoms with Gasteiger partial charge in [0.05, 0.1) is 19.0 Å². The number of rotatable bonds is 10. The lowest BCUT2D eigenvalue weighted by Crippen LogP contribution is -2.17. The van der Waals surface area contributed by atoms with Crippen molar-refractivity contribution in [2.45, 2.75) is 25.5 Å². The summed E-state index contributed by atoms with van der Waals surface area (Å²) in [6.45, 7) is -0.178. The van der Waals surface area contributed by atoms with Gasteiger partial charge in [-0.25, -0.2) is 24.1 Å². The van der Waals surface area contributed by atoms with Gasteiger partial charge in [-0.05, 0) is 12.8 Å². The number of imidazole rings is 1. The van der Waals surface area contributed by atoms with Crippen LogP contribution in [0.4, 0.5) is 5.82 Å². The number of aryl methyl sites for hydroxylation is 1. The number of phosphoric acid groups is 2. The molecule has 0 amide bonds. The molecule has 0 spiro atoms. The van der Waals surface area contributed by atoms with Crippen molar-refractivity contribution in [3.8, 4) is 0 Å². The maximum Gasteiger partial charge on any atom is 0.469 e. The van der Waals surface area contributed by atoms with E-state index in [1.54, 1.807) is 11.6 Å². The highest BCUT2D eigenvalue weighted by molar-refractivity contribution is 7.46. The fraction of sp³-hybridized carbons (Fsp3) is 0.545. The van der Waals surface area contributed by atoms with Crippen LogP contribution in [0.3, 0.4) is 0 Å². The number of anilines is 1. The lowest BCUT2D eigenvalue weighted by Gasteiger charge is -2.18. The number of aromatic nitrogens is 4. The average molecular weight is 411 g/mol. The summed E-state index contributed by atoms with van der Waals surface area (Å²) in [6, 6.07) is 0. The number of hydrogen-bond acceptors (Lipinski definition) is 8. The highest BCUT2D eigenvalue weighted by Gasteiger charge is 2.24. The van der Waals surface area contributed by atoms with Gasteiger partial charge >= 0.3 is 15.6 Å². The Morgan fingerprint density at radius 2 is 1.88 bits per heavy atom. The highest BCUT2D eigenvalue weighted by atomic mass is 31.2. The molecule has 2 aromatic rings. The van der Waals surface area contributed by atoms with Crippen molar-refractivity contribution in [3.63, 3.8) is 0 Å². The third kappa shape index (κ3) is 6.38. The number of hydrogen-bond donors (Lipinski definition) is 5. The second kappa shape index (κ2) is 8.51. The van der Waals surface area contributed by atoms with Crippen LogP contribution in [0.15, 0.2) is 12.7 Å². The average Bonchev–Trinajstić information content (AvgIpc) is 2.93. The van der Waals surface area contributed by atoms with E-state index in [0.717, 1.165) is 0 Å². The first-order chi connectivity index (χ1) is 12.1. The standard InChI is InChI=1S/C11H19N5O8P2/c1-12-10-9-11(14-6-13-10)16(7-15-9)4-2-8(24-26(20,21)22)3-5-23-25(17,18)19/h6-8H,2-5H2,1H3,(H,12,13,14)(H2,17,18,19)(H2,20,21,22)/t8-/m1/s1. The van der Waals surface area contributed by atoms with Crippen molar-refractivity contribution in [3.05, 3.63) is 12.7 Å². The Labute approximate surface area is 147 Å². The highest BCUT2D eigenvalue weighted by Crippen LogP contribution is 2.40. The summed E-state index contributed by atoms with van der Waals surface area (Å²) in [6.07, 6.45) is 1.86. The largest absolute Gasteiger partial charge is 0.469 e. The molecular formula is C11H19N5O8P2. The summed E-state index contributed by atoms with van der Waals surface area (Å²) < 4.78 is 32.4. The fourth-order valence-corrected chi connectivity index (χ4v) is 3.20. The molecule has 5 N–H and O–H groups in total. The molecule has 15 heteroatoms. The van der Waals surface area contributed by atoms with Gasteiger partial charge in [0.1, 0.15) is 11.8 Å². The van der Waals surface area contributed by atoms with E-state index in [0.29, 0.717) is 17.0 Å². The van der Waals surface area contributed by atoms with E-state index in [1.165, 1.54) is 12.7 Å². The van der Waals surface area contributed by atoms with Crippen molar-refractivity contribution in [2.24, 2.45) is 0 Å². The smallest absolute Gasteiger partial charge is 0.371 e. The molecule has 2 heterocycles. The van der Waals surface area contributed by atoms with E-state index in [1.807, 2.05) is 0 Å². The molecule has 1 atom stereocenters. The summed E-state index contributed by atoms with van der Waals surface area (Å²) in [5.41, 5.74) is 1.05. The first kappa shape index (κ1) is 20.9. The van der Waals surface area contributed by atoms with Crippen LogP contribution in [0.5, 0.6) is 0 Å². The van der Waals surface area contributed by atoms with Gasteiger partial charge in [0, 0.05) is 13.6 Å². The quantitative estimate of drug-likeness (QED) is 0.335. The second-order valence-electron chi connectivity index (χ2n) is 5.20. The topological polar surface area (TPSA) is 189 Å². The molecule has 0 aliphatic heterocycles. The molecule has 0 aromatic carbocycles. The molecule has 26 heavy (non-hydrogen) atoms. The summed E-state index contributed by atoms with van der Waals surface area (Å²) in [7, 11) is -7.76. The Morgan fingerprint density at radius 3 is 2.50 bits per heavy atom. The fourth-order valence-electron chi connectivity index (χ4n) is 2.26. The molecule has 2 rings (SSSR count). The van der Waals surface area contributed by atoms with Crippen molar-refractivity contribution in [1.82, 2.24) is 19.5 Å². The molecule has 0 saturated heterocycles. The number of nitrogens with zero attached hydrogens (tertiary/aromatic N) is 4. The van der Waals surface area contributed by atoms with Crippen LogP contribution in [0.1, 0.15) is 12.8 Å². The van der Waals surface area contributed by atoms with Gasteiger partial charge in [-0.3, -0.25) is 9.05 Å². The molecule has 0 aliphatic carbocycles. The predicted octanol–water partition coefficient (Wildman–Crippen LogP) is 0.235. The van der Waals surface area contributed by atoms with Crippen LogP contribution in [0.25, 0.3) is 11.2 Å². The monoisotopic (exact) mass is 411 g/mol. The molecule has 146 valence electrons. The minimum atomic E-state index is -4.78. The van der Waals surface area contributed by atoms with Crippen LogP contribution < -0.4 is 5.32 Å². The summed E-state index contributed by atoms with van der Waals surface area (Å²) in [4.78, 5) is 47.7. The van der Waals surface area contributed by atoms with Gasteiger partial charge in [-0.1, -0.05) is 0 Å². The van der Waals surface area contributed by atoms with E-state index < -0.39 is 28.4 Å². The zero-order chi connectivity index (χ0) is 19.4.